The molecular formula is C17H16N2O4. The summed E-state index contributed by atoms with van der Waals surface area (Å²) in [6.45, 7) is 1.77. The number of carbonyl (C=O) groups excluding carboxylic acids is 2. The number of hydrogen-bond acceptors (Lipinski definition) is 4. The number of amides is 1. The third-order valence-corrected chi connectivity index (χ3v) is 3.83. The summed E-state index contributed by atoms with van der Waals surface area (Å²) >= 11 is 0. The van der Waals surface area contributed by atoms with E-state index in [1.54, 1.807) is 37.5 Å². The monoisotopic (exact) mass is 312 g/mol. The maximum atomic E-state index is 12.4. The quantitative estimate of drug-likeness (QED) is 0.803. The number of anilines is 1. The molecule has 0 aliphatic carbocycles. The minimum atomic E-state index is -0.216. The number of ketones is 1. The summed E-state index contributed by atoms with van der Waals surface area (Å²) in [5.41, 5.74) is 1.63. The van der Waals surface area contributed by atoms with Crippen LogP contribution in [0.3, 0.4) is 0 Å². The summed E-state index contributed by atoms with van der Waals surface area (Å²) in [7, 11) is 1.64. The molecule has 6 heteroatoms. The molecule has 0 atom stereocenters. The zero-order valence-corrected chi connectivity index (χ0v) is 12.9. The predicted octanol–water partition coefficient (Wildman–Crippen LogP) is 1.39. The van der Waals surface area contributed by atoms with Crippen molar-refractivity contribution in [3.63, 3.8) is 0 Å². The normalized spacial score (nSPS) is 13.5. The van der Waals surface area contributed by atoms with Crippen LogP contribution in [0.25, 0.3) is 0 Å². The van der Waals surface area contributed by atoms with Crippen molar-refractivity contribution in [2.24, 2.45) is 0 Å². The van der Waals surface area contributed by atoms with Crippen LogP contribution in [0.15, 0.2) is 41.3 Å². The lowest BCUT2D eigenvalue weighted by molar-refractivity contribution is -0.120. The number of aryl methyl sites for hydroxylation is 1. The number of rotatable bonds is 3. The van der Waals surface area contributed by atoms with Crippen molar-refractivity contribution in [3.05, 3.63) is 58.0 Å². The van der Waals surface area contributed by atoms with Gasteiger partial charge in [0.1, 0.15) is 5.75 Å². The van der Waals surface area contributed by atoms with Crippen LogP contribution in [0.5, 0.6) is 5.75 Å². The molecule has 0 radical (unpaired) electrons. The number of likely N-dealkylation sites (N-methyl/N-ethyl adjacent to an activating group) is 1. The van der Waals surface area contributed by atoms with Crippen molar-refractivity contribution in [1.29, 1.82) is 0 Å². The van der Waals surface area contributed by atoms with E-state index in [0.717, 1.165) is 5.56 Å². The SMILES string of the molecule is Cc1ccn(CC(=O)c2ccc3c(c2)N(C)C(=O)CO3)c(=O)c1. The lowest BCUT2D eigenvalue weighted by atomic mass is 10.1. The molecule has 0 fully saturated rings. The summed E-state index contributed by atoms with van der Waals surface area (Å²) in [5, 5.41) is 0. The number of pyridine rings is 1. The van der Waals surface area contributed by atoms with E-state index in [-0.39, 0.29) is 30.4 Å². The molecule has 2 aromatic rings. The van der Waals surface area contributed by atoms with Gasteiger partial charge in [0.05, 0.1) is 12.2 Å². The van der Waals surface area contributed by atoms with Crippen molar-refractivity contribution in [2.75, 3.05) is 18.6 Å². The lowest BCUT2D eigenvalue weighted by Gasteiger charge is -2.26. The number of aromatic nitrogens is 1. The Morgan fingerprint density at radius 1 is 1.22 bits per heavy atom. The predicted molar refractivity (Wildman–Crippen MR) is 85.1 cm³/mol. The molecule has 1 aliphatic heterocycles. The Morgan fingerprint density at radius 2 is 2.00 bits per heavy atom. The summed E-state index contributed by atoms with van der Waals surface area (Å²) in [6, 6.07) is 8.20. The second-order valence-electron chi connectivity index (χ2n) is 5.52. The van der Waals surface area contributed by atoms with Gasteiger partial charge in [-0.2, -0.15) is 0 Å². The summed E-state index contributed by atoms with van der Waals surface area (Å²) in [6.07, 6.45) is 1.60. The Bertz CT molecular complexity index is 854. The summed E-state index contributed by atoms with van der Waals surface area (Å²) in [4.78, 5) is 37.4. The van der Waals surface area contributed by atoms with Crippen LogP contribution >= 0.6 is 0 Å². The lowest BCUT2D eigenvalue weighted by Crippen LogP contribution is -2.35. The molecule has 3 rings (SSSR count). The Hall–Kier alpha value is -2.89. The van der Waals surface area contributed by atoms with E-state index in [4.69, 9.17) is 4.74 Å². The van der Waals surface area contributed by atoms with Gasteiger partial charge in [-0.15, -0.1) is 0 Å². The standard InChI is InChI=1S/C17H16N2O4/c1-11-5-6-19(16(21)7-11)9-14(20)12-3-4-15-13(8-12)18(2)17(22)10-23-15/h3-8H,9-10H2,1-2H3. The first-order valence-electron chi connectivity index (χ1n) is 7.19. The van der Waals surface area contributed by atoms with E-state index in [1.807, 2.05) is 6.92 Å². The maximum absolute atomic E-state index is 12.4. The van der Waals surface area contributed by atoms with Crippen LogP contribution in [-0.4, -0.2) is 29.9 Å². The van der Waals surface area contributed by atoms with Crippen LogP contribution in [0.1, 0.15) is 15.9 Å². The van der Waals surface area contributed by atoms with Crippen LogP contribution in [0.2, 0.25) is 0 Å². The van der Waals surface area contributed by atoms with Crippen molar-refractivity contribution < 1.29 is 14.3 Å². The molecular weight excluding hydrogens is 296 g/mol. The first-order valence-corrected chi connectivity index (χ1v) is 7.19. The average Bonchev–Trinajstić information content (AvgIpc) is 2.53. The fourth-order valence-corrected chi connectivity index (χ4v) is 2.43. The first kappa shape index (κ1) is 15.0. The van der Waals surface area contributed by atoms with E-state index in [0.29, 0.717) is 17.0 Å². The number of carbonyl (C=O) groups is 2. The Morgan fingerprint density at radius 3 is 2.74 bits per heavy atom. The van der Waals surface area contributed by atoms with E-state index >= 15 is 0 Å². The molecule has 23 heavy (non-hydrogen) atoms. The summed E-state index contributed by atoms with van der Waals surface area (Å²) in [5.74, 6) is 0.193. The zero-order chi connectivity index (χ0) is 16.6. The number of ether oxygens (including phenoxy) is 1. The Kier molecular flexibility index (Phi) is 3.73. The van der Waals surface area contributed by atoms with Crippen LogP contribution < -0.4 is 15.2 Å². The molecule has 118 valence electrons. The van der Waals surface area contributed by atoms with Crippen LogP contribution in [-0.2, 0) is 11.3 Å². The smallest absolute Gasteiger partial charge is 0.264 e. The van der Waals surface area contributed by atoms with Gasteiger partial charge in [-0.05, 0) is 36.8 Å². The first-order chi connectivity index (χ1) is 11.0. The van der Waals surface area contributed by atoms with Gasteiger partial charge in [-0.25, -0.2) is 0 Å². The van der Waals surface area contributed by atoms with E-state index in [2.05, 4.69) is 0 Å². The van der Waals surface area contributed by atoms with Gasteiger partial charge < -0.3 is 14.2 Å². The highest BCUT2D eigenvalue weighted by Crippen LogP contribution is 2.32. The van der Waals surface area contributed by atoms with Gasteiger partial charge in [-0.1, -0.05) is 0 Å². The molecule has 1 amide bonds. The van der Waals surface area contributed by atoms with Gasteiger partial charge in [0.2, 0.25) is 0 Å². The van der Waals surface area contributed by atoms with Crippen molar-refractivity contribution in [1.82, 2.24) is 4.57 Å². The fourth-order valence-electron chi connectivity index (χ4n) is 2.43. The topological polar surface area (TPSA) is 68.6 Å². The summed E-state index contributed by atoms with van der Waals surface area (Å²) < 4.78 is 6.69. The van der Waals surface area contributed by atoms with Crippen molar-refractivity contribution in [2.45, 2.75) is 13.5 Å². The van der Waals surface area contributed by atoms with Crippen molar-refractivity contribution >= 4 is 17.4 Å². The zero-order valence-electron chi connectivity index (χ0n) is 12.9. The molecule has 0 saturated heterocycles. The van der Waals surface area contributed by atoms with Gasteiger partial charge in [0.15, 0.2) is 12.4 Å². The largest absolute Gasteiger partial charge is 0.482 e. The highest BCUT2D eigenvalue weighted by molar-refractivity contribution is 6.01. The van der Waals surface area contributed by atoms with E-state index < -0.39 is 0 Å². The Labute approximate surface area is 132 Å². The molecule has 1 aliphatic rings. The molecule has 0 N–H and O–H groups in total. The molecule has 0 unspecified atom stereocenters. The number of Topliss-reactive ketones (excluding diaryl/α,β-unsaturated/α-hetero) is 1. The second-order valence-corrected chi connectivity index (χ2v) is 5.52. The molecule has 1 aromatic heterocycles. The van der Waals surface area contributed by atoms with Gasteiger partial charge >= 0.3 is 0 Å². The average molecular weight is 312 g/mol. The number of nitrogens with zero attached hydrogens (tertiary/aromatic N) is 2. The van der Waals surface area contributed by atoms with Gasteiger partial charge in [0, 0.05) is 24.9 Å². The Balaban J connectivity index is 1.88. The molecule has 0 spiro atoms. The van der Waals surface area contributed by atoms with Crippen LogP contribution in [0, 0.1) is 6.92 Å². The van der Waals surface area contributed by atoms with Gasteiger partial charge in [0.25, 0.3) is 11.5 Å². The molecule has 2 heterocycles. The minimum absolute atomic E-state index is 0.00441. The highest BCUT2D eigenvalue weighted by atomic mass is 16.5. The number of hydrogen-bond donors (Lipinski definition) is 0. The third kappa shape index (κ3) is 2.88. The maximum Gasteiger partial charge on any atom is 0.264 e. The second kappa shape index (κ2) is 5.72. The molecule has 0 bridgehead atoms. The molecule has 0 saturated carbocycles. The van der Waals surface area contributed by atoms with E-state index in [9.17, 15) is 14.4 Å². The molecule has 6 nitrogen and oxygen atoms in total. The van der Waals surface area contributed by atoms with Gasteiger partial charge in [-0.3, -0.25) is 14.4 Å². The third-order valence-electron chi connectivity index (χ3n) is 3.83. The van der Waals surface area contributed by atoms with Crippen LogP contribution in [0.4, 0.5) is 5.69 Å². The van der Waals surface area contributed by atoms with E-state index in [1.165, 1.54) is 15.5 Å². The van der Waals surface area contributed by atoms with Crippen molar-refractivity contribution in [3.8, 4) is 5.75 Å². The number of fused-ring (bicyclic) bond motifs is 1. The number of benzene rings is 1. The molecule has 1 aromatic carbocycles. The highest BCUT2D eigenvalue weighted by Gasteiger charge is 2.23. The minimum Gasteiger partial charge on any atom is -0.482 e. The fraction of sp³-hybridized carbons (Fsp3) is 0.235.